The lowest BCUT2D eigenvalue weighted by Gasteiger charge is -2.29. The van der Waals surface area contributed by atoms with Gasteiger partial charge in [0.05, 0.1) is 22.2 Å². The van der Waals surface area contributed by atoms with Gasteiger partial charge in [-0.25, -0.2) is 0 Å². The van der Waals surface area contributed by atoms with E-state index >= 15 is 0 Å². The number of H-pyrrole nitrogens is 1. The van der Waals surface area contributed by atoms with Crippen LogP contribution in [0.3, 0.4) is 0 Å². The third-order valence-corrected chi connectivity index (χ3v) is 7.37. The zero-order valence-electron chi connectivity index (χ0n) is 21.6. The summed E-state index contributed by atoms with van der Waals surface area (Å²) in [6, 6.07) is 6.83. The number of ketones is 3. The number of aromatic amines is 1. The Morgan fingerprint density at radius 2 is 1.79 bits per heavy atom. The number of nitrogens with zero attached hydrogens (tertiary/aromatic N) is 1. The van der Waals surface area contributed by atoms with Gasteiger partial charge in [0.1, 0.15) is 34.0 Å². The molecule has 0 bridgehead atoms. The average molecular weight is 532 g/mol. The van der Waals surface area contributed by atoms with Crippen LogP contribution >= 0.6 is 0 Å². The van der Waals surface area contributed by atoms with E-state index < -0.39 is 45.4 Å². The third kappa shape index (κ3) is 3.61. The van der Waals surface area contributed by atoms with Crippen molar-refractivity contribution >= 4 is 28.4 Å². The van der Waals surface area contributed by atoms with Crippen LogP contribution in [0.2, 0.25) is 0 Å². The summed E-state index contributed by atoms with van der Waals surface area (Å²) in [6.45, 7) is 5.82. The average Bonchev–Trinajstić information content (AvgIpc) is 3.17. The molecule has 0 saturated carbocycles. The van der Waals surface area contributed by atoms with E-state index in [9.17, 15) is 34.2 Å². The Morgan fingerprint density at radius 1 is 1.10 bits per heavy atom. The van der Waals surface area contributed by atoms with E-state index in [0.29, 0.717) is 11.0 Å². The summed E-state index contributed by atoms with van der Waals surface area (Å²) in [7, 11) is 0. The molecule has 0 fully saturated rings. The smallest absolute Gasteiger partial charge is 0.316 e. The van der Waals surface area contributed by atoms with Gasteiger partial charge >= 0.3 is 11.1 Å². The summed E-state index contributed by atoms with van der Waals surface area (Å²) >= 11 is 0. The van der Waals surface area contributed by atoms with Gasteiger partial charge in [0, 0.05) is 30.4 Å². The summed E-state index contributed by atoms with van der Waals surface area (Å²) < 4.78 is 7.07. The monoisotopic (exact) mass is 531 g/mol. The number of carbonyl (C=O) groups excluding carboxylic acids is 3. The first-order valence-corrected chi connectivity index (χ1v) is 12.1. The highest BCUT2D eigenvalue weighted by Crippen LogP contribution is 2.57. The van der Waals surface area contributed by atoms with Crippen LogP contribution in [0.15, 0.2) is 57.0 Å². The van der Waals surface area contributed by atoms with Crippen molar-refractivity contribution in [2.45, 2.75) is 39.7 Å². The molecule has 0 spiro atoms. The van der Waals surface area contributed by atoms with Gasteiger partial charge in [0.2, 0.25) is 0 Å². The van der Waals surface area contributed by atoms with E-state index in [0.717, 1.165) is 6.08 Å². The van der Waals surface area contributed by atoms with Gasteiger partial charge in [0.25, 0.3) is 0 Å². The van der Waals surface area contributed by atoms with E-state index in [2.05, 4.69) is 10.3 Å². The quantitative estimate of drug-likeness (QED) is 0.166. The number of aromatic nitrogens is 2. The number of carbonyl (C=O) groups is 3. The zero-order valence-corrected chi connectivity index (χ0v) is 21.6. The molecule has 0 amide bonds. The molecule has 2 aliphatic rings. The molecule has 0 saturated heterocycles. The van der Waals surface area contributed by atoms with E-state index in [4.69, 9.17) is 4.74 Å². The topological polar surface area (TPSA) is 168 Å². The molecule has 1 aromatic heterocycles. The van der Waals surface area contributed by atoms with Crippen LogP contribution < -0.4 is 21.2 Å². The molecule has 3 aromatic rings. The Hall–Kier alpha value is -4.93. The van der Waals surface area contributed by atoms with Gasteiger partial charge in [-0.1, -0.05) is 12.1 Å². The SMILES string of the molecule is CC(=O)c1c(O)c(C)c(O)c2c1OC1=CC(=O)C(=C(C)NCCn3c(=O)c(=O)[nH]c4ccccc43)C(=O)[C@@]12C. The minimum Gasteiger partial charge on any atom is -0.507 e. The van der Waals surface area contributed by atoms with Crippen molar-refractivity contribution in [3.05, 3.63) is 84.8 Å². The Kier molecular flexibility index (Phi) is 5.82. The van der Waals surface area contributed by atoms with Crippen molar-refractivity contribution in [2.24, 2.45) is 0 Å². The minimum atomic E-state index is -1.63. The van der Waals surface area contributed by atoms with Crippen LogP contribution in [0.4, 0.5) is 0 Å². The first-order valence-electron chi connectivity index (χ1n) is 12.1. The molecule has 39 heavy (non-hydrogen) atoms. The number of allylic oxidation sites excluding steroid dienone is 4. The predicted octanol–water partition coefficient (Wildman–Crippen LogP) is 1.86. The lowest BCUT2D eigenvalue weighted by Crippen LogP contribution is -2.42. The molecular weight excluding hydrogens is 506 g/mol. The number of phenolic OH excluding ortho intramolecular Hbond substituents is 2. The molecule has 2 heterocycles. The number of nitrogens with one attached hydrogen (secondary N) is 2. The Labute approximate surface area is 221 Å². The maximum atomic E-state index is 13.9. The standard InChI is InChI=1S/C28H25N3O8/c1-12-22(34)20(14(3)32)24-21(23(12)35)28(4)18(39-24)11-17(33)19(25(28)36)13(2)29-9-10-31-16-8-6-5-7-15(16)30-26(37)27(31)38/h5-8,11,29,34-35H,9-10H2,1-4H3,(H,30,37)/t28-/m0/s1. The fourth-order valence-corrected chi connectivity index (χ4v) is 5.25. The zero-order chi connectivity index (χ0) is 28.4. The molecule has 200 valence electrons. The predicted molar refractivity (Wildman–Crippen MR) is 140 cm³/mol. The summed E-state index contributed by atoms with van der Waals surface area (Å²) in [5, 5.41) is 24.4. The minimum absolute atomic E-state index is 0.00131. The van der Waals surface area contributed by atoms with Crippen LogP contribution in [0.25, 0.3) is 11.0 Å². The molecule has 5 rings (SSSR count). The lowest BCUT2D eigenvalue weighted by molar-refractivity contribution is -0.123. The van der Waals surface area contributed by atoms with Crippen LogP contribution in [0.5, 0.6) is 17.2 Å². The van der Waals surface area contributed by atoms with E-state index in [-0.39, 0.29) is 52.6 Å². The number of phenols is 2. The van der Waals surface area contributed by atoms with Crippen LogP contribution in [-0.4, -0.2) is 43.7 Å². The molecule has 4 N–H and O–H groups in total. The van der Waals surface area contributed by atoms with Crippen molar-refractivity contribution in [1.29, 1.82) is 0 Å². The van der Waals surface area contributed by atoms with Gasteiger partial charge < -0.3 is 29.8 Å². The highest BCUT2D eigenvalue weighted by atomic mass is 16.5. The maximum absolute atomic E-state index is 13.9. The third-order valence-electron chi connectivity index (χ3n) is 7.37. The molecule has 11 nitrogen and oxygen atoms in total. The fourth-order valence-electron chi connectivity index (χ4n) is 5.25. The molecular formula is C28H25N3O8. The second kappa shape index (κ2) is 8.83. The number of rotatable bonds is 5. The van der Waals surface area contributed by atoms with Gasteiger partial charge in [-0.2, -0.15) is 0 Å². The summed E-state index contributed by atoms with van der Waals surface area (Å²) in [5.74, 6) is -2.94. The van der Waals surface area contributed by atoms with Gasteiger partial charge in [-0.15, -0.1) is 0 Å². The lowest BCUT2D eigenvalue weighted by atomic mass is 9.70. The molecule has 11 heteroatoms. The second-order valence-electron chi connectivity index (χ2n) is 9.74. The van der Waals surface area contributed by atoms with E-state index in [1.54, 1.807) is 24.3 Å². The molecule has 0 radical (unpaired) electrons. The van der Waals surface area contributed by atoms with Gasteiger partial charge in [-0.3, -0.25) is 24.0 Å². The van der Waals surface area contributed by atoms with Crippen LogP contribution in [0, 0.1) is 6.92 Å². The Balaban J connectivity index is 1.53. The number of aromatic hydroxyl groups is 2. The second-order valence-corrected chi connectivity index (χ2v) is 9.74. The molecule has 1 aliphatic carbocycles. The summed E-state index contributed by atoms with van der Waals surface area (Å²) in [6.07, 6.45) is 1.13. The van der Waals surface area contributed by atoms with E-state index in [1.807, 2.05) is 0 Å². The molecule has 2 aromatic carbocycles. The first kappa shape index (κ1) is 25.7. The van der Waals surface area contributed by atoms with Crippen molar-refractivity contribution in [3.63, 3.8) is 0 Å². The Bertz CT molecular complexity index is 1820. The van der Waals surface area contributed by atoms with E-state index in [1.165, 1.54) is 32.3 Å². The van der Waals surface area contributed by atoms with Crippen LogP contribution in [-0.2, 0) is 21.5 Å². The Morgan fingerprint density at radius 3 is 2.49 bits per heavy atom. The fraction of sp³-hybridized carbons (Fsp3) is 0.250. The van der Waals surface area contributed by atoms with Crippen molar-refractivity contribution < 1.29 is 29.3 Å². The number of ether oxygens (including phenoxy) is 1. The number of para-hydroxylation sites is 2. The van der Waals surface area contributed by atoms with Crippen molar-refractivity contribution in [3.8, 4) is 17.2 Å². The highest BCUT2D eigenvalue weighted by Gasteiger charge is 2.56. The summed E-state index contributed by atoms with van der Waals surface area (Å²) in [5.41, 5.74) is -2.26. The summed E-state index contributed by atoms with van der Waals surface area (Å²) in [4.78, 5) is 66.4. The maximum Gasteiger partial charge on any atom is 0.316 e. The van der Waals surface area contributed by atoms with Crippen LogP contribution in [0.1, 0.15) is 42.3 Å². The largest absolute Gasteiger partial charge is 0.507 e. The normalized spacial score (nSPS) is 19.3. The van der Waals surface area contributed by atoms with Gasteiger partial charge in [-0.05, 0) is 39.8 Å². The number of fused-ring (bicyclic) bond motifs is 4. The molecule has 1 atom stereocenters. The molecule has 1 aliphatic heterocycles. The number of benzene rings is 2. The van der Waals surface area contributed by atoms with Gasteiger partial charge in [0.15, 0.2) is 17.3 Å². The first-order chi connectivity index (χ1) is 18.4. The van der Waals surface area contributed by atoms with Crippen molar-refractivity contribution in [2.75, 3.05) is 6.54 Å². The number of hydrogen-bond donors (Lipinski definition) is 4. The molecule has 0 unspecified atom stereocenters. The highest BCUT2D eigenvalue weighted by molar-refractivity contribution is 6.31. The van der Waals surface area contributed by atoms with Crippen molar-refractivity contribution in [1.82, 2.24) is 14.9 Å². The number of hydrogen-bond acceptors (Lipinski definition) is 9. The number of Topliss-reactive ketones (excluding diaryl/α,β-unsaturated/α-hetero) is 2.